The molecule has 0 spiro atoms. The van der Waals surface area contributed by atoms with Crippen LogP contribution in [-0.2, 0) is 9.47 Å². The van der Waals surface area contributed by atoms with Gasteiger partial charge in [-0.1, -0.05) is 17.7 Å². The maximum atomic E-state index is 12.0. The molecule has 0 atom stereocenters. The van der Waals surface area contributed by atoms with Crippen molar-refractivity contribution in [2.75, 3.05) is 24.9 Å². The first-order valence-electron chi connectivity index (χ1n) is 9.35. The molecule has 1 heterocycles. The first kappa shape index (κ1) is 23.4. The molecular weight excluding hydrogens is 454 g/mol. The van der Waals surface area contributed by atoms with Crippen LogP contribution in [0.1, 0.15) is 26.3 Å². The van der Waals surface area contributed by atoms with Crippen LogP contribution < -0.4 is 10.6 Å². The number of nitro groups is 1. The number of benzene rings is 2. The molecule has 0 aliphatic carbocycles. The molecule has 0 aliphatic rings. The highest BCUT2D eigenvalue weighted by molar-refractivity contribution is 6.31. The highest BCUT2D eigenvalue weighted by Gasteiger charge is 2.25. The molecule has 3 rings (SSSR count). The van der Waals surface area contributed by atoms with Gasteiger partial charge in [0.05, 0.1) is 30.3 Å². The lowest BCUT2D eigenvalue weighted by Crippen LogP contribution is -2.09. The standard InChI is InChI=1S/C21H18ClN5O6/c1-11-15(22)5-4-6-16(11)26-19-17(27(30)31)18(23-10-24-19)25-14-8-12(20(28)32-2)7-13(9-14)21(29)33-3/h4-10H,1-3H3,(H2,23,24,25,26). The van der Waals surface area contributed by atoms with Crippen LogP contribution in [0.3, 0.4) is 0 Å². The van der Waals surface area contributed by atoms with E-state index in [0.717, 1.165) is 6.33 Å². The second-order valence-corrected chi connectivity index (χ2v) is 7.03. The molecule has 3 aromatic rings. The number of esters is 2. The van der Waals surface area contributed by atoms with E-state index in [2.05, 4.69) is 20.6 Å². The smallest absolute Gasteiger partial charge is 0.353 e. The molecule has 170 valence electrons. The van der Waals surface area contributed by atoms with E-state index in [0.29, 0.717) is 16.3 Å². The molecule has 0 fully saturated rings. The fraction of sp³-hybridized carbons (Fsp3) is 0.143. The van der Waals surface area contributed by atoms with Gasteiger partial charge in [-0.05, 0) is 42.8 Å². The lowest BCUT2D eigenvalue weighted by molar-refractivity contribution is -0.383. The van der Waals surface area contributed by atoms with Gasteiger partial charge in [-0.3, -0.25) is 10.1 Å². The van der Waals surface area contributed by atoms with Crippen LogP contribution in [0, 0.1) is 17.0 Å². The molecule has 0 saturated carbocycles. The van der Waals surface area contributed by atoms with Gasteiger partial charge in [0.1, 0.15) is 6.33 Å². The minimum atomic E-state index is -0.709. The minimum Gasteiger partial charge on any atom is -0.465 e. The summed E-state index contributed by atoms with van der Waals surface area (Å²) in [4.78, 5) is 43.2. The van der Waals surface area contributed by atoms with E-state index in [1.54, 1.807) is 25.1 Å². The Balaban J connectivity index is 2.06. The topological polar surface area (TPSA) is 146 Å². The summed E-state index contributed by atoms with van der Waals surface area (Å²) >= 11 is 6.13. The van der Waals surface area contributed by atoms with Crippen molar-refractivity contribution >= 4 is 52.2 Å². The van der Waals surface area contributed by atoms with E-state index in [1.807, 2.05) is 0 Å². The third kappa shape index (κ3) is 5.15. The Labute approximate surface area is 192 Å². The molecule has 11 nitrogen and oxygen atoms in total. The number of carbonyl (C=O) groups excluding carboxylic acids is 2. The van der Waals surface area contributed by atoms with Crippen LogP contribution in [0.5, 0.6) is 0 Å². The van der Waals surface area contributed by atoms with Gasteiger partial charge in [0.15, 0.2) is 0 Å². The number of ether oxygens (including phenoxy) is 2. The molecule has 12 heteroatoms. The predicted molar refractivity (Wildman–Crippen MR) is 121 cm³/mol. The Hall–Kier alpha value is -4.25. The van der Waals surface area contributed by atoms with Crippen LogP contribution in [-0.4, -0.2) is 41.0 Å². The average molecular weight is 472 g/mol. The Bertz CT molecular complexity index is 1220. The second-order valence-electron chi connectivity index (χ2n) is 6.62. The lowest BCUT2D eigenvalue weighted by Gasteiger charge is -2.13. The summed E-state index contributed by atoms with van der Waals surface area (Å²) in [6.07, 6.45) is 1.13. The van der Waals surface area contributed by atoms with Crippen molar-refractivity contribution in [2.45, 2.75) is 6.92 Å². The SMILES string of the molecule is COC(=O)c1cc(Nc2ncnc(Nc3cccc(Cl)c3C)c2[N+](=O)[O-])cc(C(=O)OC)c1. The van der Waals surface area contributed by atoms with Crippen LogP contribution >= 0.6 is 11.6 Å². The van der Waals surface area contributed by atoms with Gasteiger partial charge in [-0.15, -0.1) is 0 Å². The highest BCUT2D eigenvalue weighted by atomic mass is 35.5. The largest absolute Gasteiger partial charge is 0.465 e. The molecule has 0 unspecified atom stereocenters. The summed E-state index contributed by atoms with van der Waals surface area (Å²) in [7, 11) is 2.37. The van der Waals surface area contributed by atoms with E-state index in [9.17, 15) is 19.7 Å². The van der Waals surface area contributed by atoms with E-state index in [1.165, 1.54) is 32.4 Å². The predicted octanol–water partition coefficient (Wildman–Crippen LogP) is 4.41. The number of carbonyl (C=O) groups is 2. The third-order valence-electron chi connectivity index (χ3n) is 4.56. The fourth-order valence-corrected chi connectivity index (χ4v) is 3.09. The van der Waals surface area contributed by atoms with Crippen molar-refractivity contribution in [2.24, 2.45) is 0 Å². The first-order valence-corrected chi connectivity index (χ1v) is 9.73. The second kappa shape index (κ2) is 9.92. The number of aromatic nitrogens is 2. The number of methoxy groups -OCH3 is 2. The molecule has 0 aliphatic heterocycles. The van der Waals surface area contributed by atoms with E-state index < -0.39 is 22.5 Å². The van der Waals surface area contributed by atoms with Crippen molar-refractivity contribution in [3.05, 3.63) is 74.6 Å². The van der Waals surface area contributed by atoms with Gasteiger partial charge >= 0.3 is 17.6 Å². The van der Waals surface area contributed by atoms with Crippen molar-refractivity contribution in [3.8, 4) is 0 Å². The summed E-state index contributed by atoms with van der Waals surface area (Å²) in [5.41, 5.74) is 0.982. The van der Waals surface area contributed by atoms with E-state index in [4.69, 9.17) is 21.1 Å². The number of nitrogens with one attached hydrogen (secondary N) is 2. The van der Waals surface area contributed by atoms with Gasteiger partial charge in [0.25, 0.3) is 0 Å². The quantitative estimate of drug-likeness (QED) is 0.288. The van der Waals surface area contributed by atoms with Crippen molar-refractivity contribution in [1.29, 1.82) is 0 Å². The number of rotatable bonds is 7. The van der Waals surface area contributed by atoms with Crippen LogP contribution in [0.15, 0.2) is 42.7 Å². The number of hydrogen-bond acceptors (Lipinski definition) is 10. The molecule has 2 aromatic carbocycles. The summed E-state index contributed by atoms with van der Waals surface area (Å²) in [5, 5.41) is 18.0. The van der Waals surface area contributed by atoms with Crippen molar-refractivity contribution < 1.29 is 24.0 Å². The monoisotopic (exact) mass is 471 g/mol. The van der Waals surface area contributed by atoms with Gasteiger partial charge in [-0.25, -0.2) is 19.6 Å². The number of anilines is 4. The number of halogens is 1. The van der Waals surface area contributed by atoms with Crippen LogP contribution in [0.2, 0.25) is 5.02 Å². The van der Waals surface area contributed by atoms with Crippen molar-refractivity contribution in [3.63, 3.8) is 0 Å². The van der Waals surface area contributed by atoms with Crippen LogP contribution in [0.25, 0.3) is 0 Å². The molecule has 0 bridgehead atoms. The Morgan fingerprint density at radius 3 is 2.12 bits per heavy atom. The van der Waals surface area contributed by atoms with Crippen LogP contribution in [0.4, 0.5) is 28.7 Å². The summed E-state index contributed by atoms with van der Waals surface area (Å²) in [6.45, 7) is 1.75. The van der Waals surface area contributed by atoms with Gasteiger partial charge in [0.2, 0.25) is 11.6 Å². The molecule has 0 amide bonds. The maximum absolute atomic E-state index is 12.0. The number of hydrogen-bond donors (Lipinski definition) is 2. The molecule has 1 aromatic heterocycles. The normalized spacial score (nSPS) is 10.3. The highest BCUT2D eigenvalue weighted by Crippen LogP contribution is 2.35. The Kier molecular flexibility index (Phi) is 7.04. The molecule has 2 N–H and O–H groups in total. The van der Waals surface area contributed by atoms with Gasteiger partial charge in [0, 0.05) is 16.4 Å². The molecule has 0 saturated heterocycles. The Morgan fingerprint density at radius 1 is 1.00 bits per heavy atom. The zero-order valence-corrected chi connectivity index (χ0v) is 18.5. The van der Waals surface area contributed by atoms with Crippen molar-refractivity contribution in [1.82, 2.24) is 9.97 Å². The maximum Gasteiger partial charge on any atom is 0.353 e. The first-order chi connectivity index (χ1) is 15.7. The summed E-state index contributed by atoms with van der Waals surface area (Å²) < 4.78 is 9.41. The molecule has 33 heavy (non-hydrogen) atoms. The summed E-state index contributed by atoms with van der Waals surface area (Å²) in [6, 6.07) is 9.08. The minimum absolute atomic E-state index is 0.0347. The zero-order valence-electron chi connectivity index (χ0n) is 17.7. The fourth-order valence-electron chi connectivity index (χ4n) is 2.91. The third-order valence-corrected chi connectivity index (χ3v) is 4.97. The van der Waals surface area contributed by atoms with E-state index in [-0.39, 0.29) is 28.5 Å². The molecular formula is C21H18ClN5O6. The Morgan fingerprint density at radius 2 is 1.58 bits per heavy atom. The lowest BCUT2D eigenvalue weighted by atomic mass is 10.1. The average Bonchev–Trinajstić information content (AvgIpc) is 2.80. The van der Waals surface area contributed by atoms with E-state index >= 15 is 0 Å². The summed E-state index contributed by atoms with van der Waals surface area (Å²) in [5.74, 6) is -1.67. The number of nitrogens with zero attached hydrogens (tertiary/aromatic N) is 3. The van der Waals surface area contributed by atoms with Gasteiger partial charge < -0.3 is 20.1 Å². The molecule has 0 radical (unpaired) electrons. The van der Waals surface area contributed by atoms with Gasteiger partial charge in [-0.2, -0.15) is 0 Å². The zero-order chi connectivity index (χ0) is 24.1.